The summed E-state index contributed by atoms with van der Waals surface area (Å²) >= 11 is 0. The van der Waals surface area contributed by atoms with E-state index >= 15 is 0 Å². The SMILES string of the molecule is CCOC(=O)C(NC1CC1)c1ccc(CC(C)C)cc1. The molecule has 1 aliphatic rings. The number of hydrogen-bond acceptors (Lipinski definition) is 3. The van der Waals surface area contributed by atoms with Crippen LogP contribution < -0.4 is 5.32 Å². The molecule has 1 saturated carbocycles. The van der Waals surface area contributed by atoms with Gasteiger partial charge in [0, 0.05) is 6.04 Å². The first-order chi connectivity index (χ1) is 9.60. The second-order valence-electron chi connectivity index (χ2n) is 5.97. The van der Waals surface area contributed by atoms with Gasteiger partial charge in [0.05, 0.1) is 6.61 Å². The molecule has 2 rings (SSSR count). The van der Waals surface area contributed by atoms with Crippen LogP contribution in [0.2, 0.25) is 0 Å². The molecular weight excluding hydrogens is 250 g/mol. The summed E-state index contributed by atoms with van der Waals surface area (Å²) < 4.78 is 5.18. The molecule has 0 spiro atoms. The van der Waals surface area contributed by atoms with Crippen molar-refractivity contribution in [3.8, 4) is 0 Å². The lowest BCUT2D eigenvalue weighted by atomic mass is 9.99. The highest BCUT2D eigenvalue weighted by atomic mass is 16.5. The summed E-state index contributed by atoms with van der Waals surface area (Å²) in [7, 11) is 0. The molecule has 0 radical (unpaired) electrons. The lowest BCUT2D eigenvalue weighted by molar-refractivity contribution is -0.145. The monoisotopic (exact) mass is 275 g/mol. The van der Waals surface area contributed by atoms with Gasteiger partial charge in [-0.3, -0.25) is 5.32 Å². The molecule has 0 amide bonds. The summed E-state index contributed by atoms with van der Waals surface area (Å²) in [4.78, 5) is 12.1. The van der Waals surface area contributed by atoms with Crippen molar-refractivity contribution in [1.29, 1.82) is 0 Å². The summed E-state index contributed by atoms with van der Waals surface area (Å²) in [6, 6.07) is 8.49. The van der Waals surface area contributed by atoms with Crippen LogP contribution in [0, 0.1) is 5.92 Å². The van der Waals surface area contributed by atoms with Gasteiger partial charge in [-0.1, -0.05) is 38.1 Å². The van der Waals surface area contributed by atoms with Crippen LogP contribution in [0.25, 0.3) is 0 Å². The fourth-order valence-corrected chi connectivity index (χ4v) is 2.33. The fourth-order valence-electron chi connectivity index (χ4n) is 2.33. The molecule has 0 saturated heterocycles. The van der Waals surface area contributed by atoms with Gasteiger partial charge in [0.2, 0.25) is 0 Å². The normalized spacial score (nSPS) is 16.2. The average Bonchev–Trinajstić information content (AvgIpc) is 3.21. The van der Waals surface area contributed by atoms with Crippen LogP contribution in [-0.4, -0.2) is 18.6 Å². The zero-order valence-electron chi connectivity index (χ0n) is 12.7. The first kappa shape index (κ1) is 15.0. The van der Waals surface area contributed by atoms with Crippen molar-refractivity contribution in [2.45, 2.75) is 52.1 Å². The number of rotatable bonds is 7. The predicted molar refractivity (Wildman–Crippen MR) is 80.5 cm³/mol. The van der Waals surface area contributed by atoms with Crippen molar-refractivity contribution in [3.63, 3.8) is 0 Å². The Labute approximate surface area is 121 Å². The number of carbonyl (C=O) groups is 1. The Morgan fingerprint density at radius 2 is 1.95 bits per heavy atom. The van der Waals surface area contributed by atoms with Crippen LogP contribution >= 0.6 is 0 Å². The van der Waals surface area contributed by atoms with Crippen LogP contribution in [0.5, 0.6) is 0 Å². The van der Waals surface area contributed by atoms with Crippen molar-refractivity contribution in [2.75, 3.05) is 6.61 Å². The second kappa shape index (κ2) is 6.89. The molecule has 3 nitrogen and oxygen atoms in total. The zero-order chi connectivity index (χ0) is 14.5. The number of esters is 1. The summed E-state index contributed by atoms with van der Waals surface area (Å²) in [5, 5.41) is 3.38. The van der Waals surface area contributed by atoms with Crippen LogP contribution in [0.4, 0.5) is 0 Å². The van der Waals surface area contributed by atoms with Crippen LogP contribution in [0.1, 0.15) is 50.8 Å². The minimum Gasteiger partial charge on any atom is -0.465 e. The van der Waals surface area contributed by atoms with Gasteiger partial charge in [0.1, 0.15) is 6.04 Å². The number of ether oxygens (including phenoxy) is 1. The van der Waals surface area contributed by atoms with Crippen molar-refractivity contribution < 1.29 is 9.53 Å². The molecule has 1 aromatic rings. The lowest BCUT2D eigenvalue weighted by Crippen LogP contribution is -2.31. The molecule has 0 heterocycles. The fraction of sp³-hybridized carbons (Fsp3) is 0.588. The van der Waals surface area contributed by atoms with Gasteiger partial charge >= 0.3 is 5.97 Å². The zero-order valence-corrected chi connectivity index (χ0v) is 12.7. The quantitative estimate of drug-likeness (QED) is 0.776. The molecule has 1 atom stereocenters. The van der Waals surface area contributed by atoms with E-state index in [4.69, 9.17) is 4.74 Å². The minimum atomic E-state index is -0.324. The third-order valence-corrected chi connectivity index (χ3v) is 3.46. The summed E-state index contributed by atoms with van der Waals surface area (Å²) in [6.45, 7) is 6.69. The maximum Gasteiger partial charge on any atom is 0.327 e. The van der Waals surface area contributed by atoms with Gasteiger partial charge in [-0.15, -0.1) is 0 Å². The van der Waals surface area contributed by atoms with E-state index < -0.39 is 0 Å². The van der Waals surface area contributed by atoms with E-state index in [1.54, 1.807) is 0 Å². The molecule has 1 unspecified atom stereocenters. The number of benzene rings is 1. The Bertz CT molecular complexity index is 435. The molecule has 1 fully saturated rings. The van der Waals surface area contributed by atoms with E-state index in [1.165, 1.54) is 5.56 Å². The Balaban J connectivity index is 2.08. The van der Waals surface area contributed by atoms with Gasteiger partial charge < -0.3 is 4.74 Å². The largest absolute Gasteiger partial charge is 0.465 e. The summed E-state index contributed by atoms with van der Waals surface area (Å²) in [5.74, 6) is 0.474. The third kappa shape index (κ3) is 4.34. The van der Waals surface area contributed by atoms with Crippen LogP contribution in [0.3, 0.4) is 0 Å². The summed E-state index contributed by atoms with van der Waals surface area (Å²) in [5.41, 5.74) is 2.32. The van der Waals surface area contributed by atoms with Gasteiger partial charge in [-0.25, -0.2) is 4.79 Å². The second-order valence-corrected chi connectivity index (χ2v) is 5.97. The molecule has 1 aliphatic carbocycles. The van der Waals surface area contributed by atoms with Gasteiger partial charge in [-0.2, -0.15) is 0 Å². The van der Waals surface area contributed by atoms with Gasteiger partial charge in [-0.05, 0) is 43.2 Å². The van der Waals surface area contributed by atoms with E-state index in [0.717, 1.165) is 24.8 Å². The lowest BCUT2D eigenvalue weighted by Gasteiger charge is -2.18. The molecule has 1 aromatic carbocycles. The van der Waals surface area contributed by atoms with E-state index in [0.29, 0.717) is 18.6 Å². The summed E-state index contributed by atoms with van der Waals surface area (Å²) in [6.07, 6.45) is 3.38. The maximum atomic E-state index is 12.1. The molecule has 3 heteroatoms. The highest BCUT2D eigenvalue weighted by Crippen LogP contribution is 2.25. The number of hydrogen-bond donors (Lipinski definition) is 1. The van der Waals surface area contributed by atoms with Gasteiger partial charge in [0.15, 0.2) is 0 Å². The maximum absolute atomic E-state index is 12.1. The third-order valence-electron chi connectivity index (χ3n) is 3.46. The Morgan fingerprint density at radius 1 is 1.30 bits per heavy atom. The number of carbonyl (C=O) groups excluding carboxylic acids is 1. The molecular formula is C17H25NO2. The van der Waals surface area contributed by atoms with Crippen LogP contribution in [-0.2, 0) is 16.0 Å². The molecule has 110 valence electrons. The first-order valence-electron chi connectivity index (χ1n) is 7.61. The Morgan fingerprint density at radius 3 is 2.45 bits per heavy atom. The van der Waals surface area contributed by atoms with Crippen molar-refractivity contribution >= 4 is 5.97 Å². The highest BCUT2D eigenvalue weighted by molar-refractivity contribution is 5.77. The Kier molecular flexibility index (Phi) is 5.18. The molecule has 0 bridgehead atoms. The molecule has 0 aliphatic heterocycles. The first-order valence-corrected chi connectivity index (χ1v) is 7.61. The number of nitrogens with one attached hydrogen (secondary N) is 1. The molecule has 20 heavy (non-hydrogen) atoms. The van der Waals surface area contributed by atoms with Crippen LogP contribution in [0.15, 0.2) is 24.3 Å². The highest BCUT2D eigenvalue weighted by Gasteiger charge is 2.30. The topological polar surface area (TPSA) is 38.3 Å². The van der Waals surface area contributed by atoms with E-state index in [-0.39, 0.29) is 12.0 Å². The van der Waals surface area contributed by atoms with Gasteiger partial charge in [0.25, 0.3) is 0 Å². The van der Waals surface area contributed by atoms with E-state index in [9.17, 15) is 4.79 Å². The van der Waals surface area contributed by atoms with Crippen molar-refractivity contribution in [3.05, 3.63) is 35.4 Å². The van der Waals surface area contributed by atoms with Crippen molar-refractivity contribution in [2.24, 2.45) is 5.92 Å². The standard InChI is InChI=1S/C17H25NO2/c1-4-20-17(19)16(18-15-9-10-15)14-7-5-13(6-8-14)11-12(2)3/h5-8,12,15-16,18H,4,9-11H2,1-3H3. The average molecular weight is 275 g/mol. The minimum absolute atomic E-state index is 0.170. The smallest absolute Gasteiger partial charge is 0.327 e. The van der Waals surface area contributed by atoms with Crippen molar-refractivity contribution in [1.82, 2.24) is 5.32 Å². The van der Waals surface area contributed by atoms with E-state index in [1.807, 2.05) is 6.92 Å². The molecule has 1 N–H and O–H groups in total. The van der Waals surface area contributed by atoms with E-state index in [2.05, 4.69) is 43.4 Å². The Hall–Kier alpha value is -1.35. The molecule has 0 aromatic heterocycles. The predicted octanol–water partition coefficient (Wildman–Crippen LogP) is 3.24.